The van der Waals surface area contributed by atoms with Crippen LogP contribution in [0.2, 0.25) is 0 Å². The van der Waals surface area contributed by atoms with E-state index in [1.807, 2.05) is 4.90 Å². The van der Waals surface area contributed by atoms with Gasteiger partial charge in [0, 0.05) is 19.1 Å². The second kappa shape index (κ2) is 7.56. The molecule has 1 unspecified atom stereocenters. The Morgan fingerprint density at radius 3 is 2.67 bits per heavy atom. The third-order valence-corrected chi connectivity index (χ3v) is 5.09. The second-order valence-electron chi connectivity index (χ2n) is 6.14. The Labute approximate surface area is 127 Å². The molecule has 0 aromatic heterocycles. The average molecular weight is 317 g/mol. The smallest absolute Gasteiger partial charge is 0.239 e. The van der Waals surface area contributed by atoms with Gasteiger partial charge in [0.1, 0.15) is 0 Å². The highest BCUT2D eigenvalue weighted by Crippen LogP contribution is 2.22. The minimum Gasteiger partial charge on any atom is -0.338 e. The molecule has 0 bridgehead atoms. The van der Waals surface area contributed by atoms with E-state index in [0.717, 1.165) is 51.6 Å². The van der Waals surface area contributed by atoms with E-state index >= 15 is 0 Å². The normalized spacial score (nSPS) is 27.6. The third kappa shape index (κ3) is 5.23. The Balaban J connectivity index is 1.89. The summed E-state index contributed by atoms with van der Waals surface area (Å²) < 4.78 is 24.8. The Hall–Kier alpha value is -0.660. The van der Waals surface area contributed by atoms with Gasteiger partial charge in [0.2, 0.25) is 15.9 Å². The van der Waals surface area contributed by atoms with Crippen LogP contribution in [0.5, 0.6) is 0 Å². The van der Waals surface area contributed by atoms with E-state index in [4.69, 9.17) is 0 Å². The van der Waals surface area contributed by atoms with E-state index < -0.39 is 10.0 Å². The fraction of sp³-hybridized carbons (Fsp3) is 0.929. The van der Waals surface area contributed by atoms with Gasteiger partial charge in [0.05, 0.1) is 12.3 Å². The van der Waals surface area contributed by atoms with Crippen molar-refractivity contribution in [2.45, 2.75) is 57.0 Å². The van der Waals surface area contributed by atoms with E-state index in [-0.39, 0.29) is 18.0 Å². The zero-order chi connectivity index (χ0) is 15.3. The molecule has 2 saturated heterocycles. The molecule has 6 nitrogen and oxygen atoms in total. The van der Waals surface area contributed by atoms with Gasteiger partial charge in [-0.05, 0) is 45.1 Å². The standard InChI is InChI=1S/C14H27N3O3S/c1-21(19,20)16-10-8-12-6-3-5-11-17(12)14(18)13-7-2-4-9-15-13/h12-13,15-16H,2-11H2,1H3/t12?,13-/m0/s1. The maximum absolute atomic E-state index is 12.6. The van der Waals surface area contributed by atoms with Crippen LogP contribution in [0.25, 0.3) is 0 Å². The van der Waals surface area contributed by atoms with Crippen molar-refractivity contribution >= 4 is 15.9 Å². The molecular formula is C14H27N3O3S. The molecule has 2 heterocycles. The predicted molar refractivity (Wildman–Crippen MR) is 82.5 cm³/mol. The van der Waals surface area contributed by atoms with E-state index in [0.29, 0.717) is 13.0 Å². The lowest BCUT2D eigenvalue weighted by atomic mass is 9.96. The number of piperidine rings is 2. The lowest BCUT2D eigenvalue weighted by Gasteiger charge is -2.39. The molecule has 2 N–H and O–H groups in total. The van der Waals surface area contributed by atoms with Crippen LogP contribution >= 0.6 is 0 Å². The average Bonchev–Trinajstić information content (AvgIpc) is 2.47. The lowest BCUT2D eigenvalue weighted by Crippen LogP contribution is -2.53. The van der Waals surface area contributed by atoms with Crippen LogP contribution in [0.3, 0.4) is 0 Å². The molecular weight excluding hydrogens is 290 g/mol. The van der Waals surface area contributed by atoms with Crippen molar-refractivity contribution in [1.29, 1.82) is 0 Å². The minimum absolute atomic E-state index is 0.0396. The highest BCUT2D eigenvalue weighted by Gasteiger charge is 2.31. The van der Waals surface area contributed by atoms with Gasteiger partial charge in [-0.15, -0.1) is 0 Å². The number of amides is 1. The molecule has 2 atom stereocenters. The Bertz CT molecular complexity index is 446. The summed E-state index contributed by atoms with van der Waals surface area (Å²) in [6, 6.07) is 0.131. The molecule has 0 aromatic carbocycles. The predicted octanol–water partition coefficient (Wildman–Crippen LogP) is 0.449. The van der Waals surface area contributed by atoms with Gasteiger partial charge in [-0.3, -0.25) is 4.79 Å². The lowest BCUT2D eigenvalue weighted by molar-refractivity contribution is -0.137. The largest absolute Gasteiger partial charge is 0.338 e. The first-order valence-corrected chi connectivity index (χ1v) is 9.85. The van der Waals surface area contributed by atoms with Crippen LogP contribution in [-0.4, -0.2) is 57.2 Å². The van der Waals surface area contributed by atoms with Gasteiger partial charge < -0.3 is 10.2 Å². The molecule has 2 aliphatic heterocycles. The molecule has 0 saturated carbocycles. The zero-order valence-corrected chi connectivity index (χ0v) is 13.6. The number of carbonyl (C=O) groups excluding carboxylic acids is 1. The summed E-state index contributed by atoms with van der Waals surface area (Å²) in [4.78, 5) is 14.6. The Kier molecular flexibility index (Phi) is 6.01. The van der Waals surface area contributed by atoms with Crippen LogP contribution in [0.1, 0.15) is 44.9 Å². The van der Waals surface area contributed by atoms with E-state index in [9.17, 15) is 13.2 Å². The molecule has 122 valence electrons. The zero-order valence-electron chi connectivity index (χ0n) is 12.8. The number of carbonyl (C=O) groups is 1. The summed E-state index contributed by atoms with van der Waals surface area (Å²) in [5.41, 5.74) is 0. The molecule has 2 aliphatic rings. The quantitative estimate of drug-likeness (QED) is 0.772. The fourth-order valence-electron chi connectivity index (χ4n) is 3.26. The van der Waals surface area contributed by atoms with Crippen LogP contribution in [0.15, 0.2) is 0 Å². The third-order valence-electron chi connectivity index (χ3n) is 4.36. The van der Waals surface area contributed by atoms with Crippen molar-refractivity contribution in [2.24, 2.45) is 0 Å². The number of hydrogen-bond donors (Lipinski definition) is 2. The molecule has 0 aliphatic carbocycles. The summed E-state index contributed by atoms with van der Waals surface area (Å²) in [5.74, 6) is 0.207. The molecule has 0 spiro atoms. The molecule has 2 rings (SSSR count). The molecule has 21 heavy (non-hydrogen) atoms. The van der Waals surface area contributed by atoms with Gasteiger partial charge in [-0.25, -0.2) is 13.1 Å². The molecule has 0 aromatic rings. The fourth-order valence-corrected chi connectivity index (χ4v) is 3.75. The second-order valence-corrected chi connectivity index (χ2v) is 7.97. The van der Waals surface area contributed by atoms with Crippen LogP contribution in [-0.2, 0) is 14.8 Å². The highest BCUT2D eigenvalue weighted by atomic mass is 32.2. The number of hydrogen-bond acceptors (Lipinski definition) is 4. The number of sulfonamides is 1. The minimum atomic E-state index is -3.15. The van der Waals surface area contributed by atoms with Crippen LogP contribution in [0.4, 0.5) is 0 Å². The van der Waals surface area contributed by atoms with Gasteiger partial charge in [0.15, 0.2) is 0 Å². The number of rotatable bonds is 5. The van der Waals surface area contributed by atoms with E-state index in [1.165, 1.54) is 6.26 Å². The SMILES string of the molecule is CS(=O)(=O)NCCC1CCCCN1C(=O)[C@@H]1CCCCN1. The first kappa shape index (κ1) is 16.7. The van der Waals surface area contributed by atoms with Crippen molar-refractivity contribution in [2.75, 3.05) is 25.9 Å². The van der Waals surface area contributed by atoms with Crippen molar-refractivity contribution in [3.8, 4) is 0 Å². The number of nitrogens with zero attached hydrogens (tertiary/aromatic N) is 1. The summed E-state index contributed by atoms with van der Waals surface area (Å²) in [6.45, 7) is 2.14. The first-order valence-electron chi connectivity index (χ1n) is 7.96. The van der Waals surface area contributed by atoms with Crippen molar-refractivity contribution < 1.29 is 13.2 Å². The van der Waals surface area contributed by atoms with Crippen LogP contribution < -0.4 is 10.0 Å². The Morgan fingerprint density at radius 1 is 1.24 bits per heavy atom. The maximum Gasteiger partial charge on any atom is 0.239 e. The summed E-state index contributed by atoms with van der Waals surface area (Å²) in [5, 5.41) is 3.31. The summed E-state index contributed by atoms with van der Waals surface area (Å²) >= 11 is 0. The Morgan fingerprint density at radius 2 is 2.00 bits per heavy atom. The van der Waals surface area contributed by atoms with Gasteiger partial charge in [-0.2, -0.15) is 0 Å². The molecule has 0 radical (unpaired) electrons. The van der Waals surface area contributed by atoms with Gasteiger partial charge in [-0.1, -0.05) is 6.42 Å². The number of nitrogens with one attached hydrogen (secondary N) is 2. The number of likely N-dealkylation sites (tertiary alicyclic amines) is 1. The van der Waals surface area contributed by atoms with Crippen molar-refractivity contribution in [3.05, 3.63) is 0 Å². The van der Waals surface area contributed by atoms with Gasteiger partial charge in [0.25, 0.3) is 0 Å². The van der Waals surface area contributed by atoms with Crippen molar-refractivity contribution in [3.63, 3.8) is 0 Å². The monoisotopic (exact) mass is 317 g/mol. The topological polar surface area (TPSA) is 78.5 Å². The van der Waals surface area contributed by atoms with Gasteiger partial charge >= 0.3 is 0 Å². The van der Waals surface area contributed by atoms with E-state index in [2.05, 4.69) is 10.0 Å². The summed E-state index contributed by atoms with van der Waals surface area (Å²) in [7, 11) is -3.15. The molecule has 7 heteroatoms. The maximum atomic E-state index is 12.6. The summed E-state index contributed by atoms with van der Waals surface area (Å²) in [6.07, 6.45) is 8.19. The van der Waals surface area contributed by atoms with E-state index in [1.54, 1.807) is 0 Å². The first-order chi connectivity index (χ1) is 9.97. The molecule has 2 fully saturated rings. The van der Waals surface area contributed by atoms with Crippen LogP contribution in [0, 0.1) is 0 Å². The molecule has 1 amide bonds. The van der Waals surface area contributed by atoms with Crippen molar-refractivity contribution in [1.82, 2.24) is 14.9 Å². The highest BCUT2D eigenvalue weighted by molar-refractivity contribution is 7.88.